The van der Waals surface area contributed by atoms with Crippen molar-refractivity contribution in [2.45, 2.75) is 26.9 Å². The highest BCUT2D eigenvalue weighted by Crippen LogP contribution is 2.29. The van der Waals surface area contributed by atoms with E-state index in [1.807, 2.05) is 55.1 Å². The van der Waals surface area contributed by atoms with E-state index in [0.717, 1.165) is 28.0 Å². The molecule has 0 unspecified atom stereocenters. The molecule has 0 saturated heterocycles. The summed E-state index contributed by atoms with van der Waals surface area (Å²) in [6.45, 7) is 5.35. The molecule has 0 aliphatic heterocycles. The van der Waals surface area contributed by atoms with E-state index in [0.29, 0.717) is 22.1 Å². The largest absolute Gasteiger partial charge is 0.319 e. The molecule has 8 heteroatoms. The Kier molecular flexibility index (Phi) is 4.72. The third-order valence-electron chi connectivity index (χ3n) is 4.29. The molecular formula is C19H18ClN5OS. The van der Waals surface area contributed by atoms with Crippen molar-refractivity contribution < 1.29 is 4.79 Å². The number of hydrogen-bond donors (Lipinski definition) is 1. The van der Waals surface area contributed by atoms with Crippen LogP contribution < -0.4 is 5.32 Å². The van der Waals surface area contributed by atoms with Crippen molar-refractivity contribution in [2.24, 2.45) is 0 Å². The summed E-state index contributed by atoms with van der Waals surface area (Å²) in [5, 5.41) is 13.4. The van der Waals surface area contributed by atoms with E-state index in [-0.39, 0.29) is 5.91 Å². The second kappa shape index (κ2) is 7.17. The number of nitrogens with one attached hydrogen (secondary N) is 1. The van der Waals surface area contributed by atoms with E-state index in [9.17, 15) is 4.79 Å². The fourth-order valence-electron chi connectivity index (χ4n) is 2.89. The minimum atomic E-state index is -0.135. The lowest BCUT2D eigenvalue weighted by atomic mass is 10.2. The van der Waals surface area contributed by atoms with Crippen LogP contribution in [0.25, 0.3) is 10.2 Å². The Morgan fingerprint density at radius 3 is 2.78 bits per heavy atom. The van der Waals surface area contributed by atoms with Gasteiger partial charge in [0.05, 0.1) is 29.0 Å². The number of fused-ring (bicyclic) bond motifs is 1. The van der Waals surface area contributed by atoms with Gasteiger partial charge in [-0.1, -0.05) is 23.7 Å². The second-order valence-electron chi connectivity index (χ2n) is 6.24. The molecule has 0 aliphatic rings. The van der Waals surface area contributed by atoms with E-state index in [4.69, 9.17) is 11.6 Å². The summed E-state index contributed by atoms with van der Waals surface area (Å²) < 4.78 is 3.71. The van der Waals surface area contributed by atoms with Crippen LogP contribution in [-0.2, 0) is 13.1 Å². The Balaban J connectivity index is 1.59. The molecule has 0 aliphatic carbocycles. The molecule has 3 heterocycles. The van der Waals surface area contributed by atoms with E-state index >= 15 is 0 Å². The number of aromatic nitrogens is 4. The third-order valence-corrected chi connectivity index (χ3v) is 5.69. The van der Waals surface area contributed by atoms with Crippen LogP contribution >= 0.6 is 22.9 Å². The van der Waals surface area contributed by atoms with Crippen LogP contribution in [0.2, 0.25) is 5.02 Å². The minimum absolute atomic E-state index is 0.135. The summed E-state index contributed by atoms with van der Waals surface area (Å²) in [7, 11) is 0. The number of carbonyl (C=O) groups excluding carboxylic acids is 1. The normalized spacial score (nSPS) is 11.2. The Hall–Kier alpha value is -2.64. The summed E-state index contributed by atoms with van der Waals surface area (Å²) in [6, 6.07) is 9.61. The van der Waals surface area contributed by atoms with Gasteiger partial charge < -0.3 is 5.32 Å². The first-order valence-corrected chi connectivity index (χ1v) is 9.78. The number of carbonyl (C=O) groups is 1. The predicted molar refractivity (Wildman–Crippen MR) is 109 cm³/mol. The first-order chi connectivity index (χ1) is 13.0. The molecule has 1 aromatic carbocycles. The van der Waals surface area contributed by atoms with E-state index < -0.39 is 0 Å². The molecule has 0 bridgehead atoms. The SMILES string of the molecule is CCn1cc(NC(=O)c2cc3c(C)nn(Cc4ccc(Cl)cc4)c3s2)cn1. The molecular weight excluding hydrogens is 382 g/mol. The molecule has 6 nitrogen and oxygen atoms in total. The van der Waals surface area contributed by atoms with Gasteiger partial charge >= 0.3 is 0 Å². The number of anilines is 1. The maximum Gasteiger partial charge on any atom is 0.265 e. The summed E-state index contributed by atoms with van der Waals surface area (Å²) in [4.78, 5) is 14.3. The Morgan fingerprint density at radius 1 is 1.30 bits per heavy atom. The number of aryl methyl sites for hydroxylation is 2. The van der Waals surface area contributed by atoms with Crippen molar-refractivity contribution in [3.05, 3.63) is 63.9 Å². The smallest absolute Gasteiger partial charge is 0.265 e. The lowest BCUT2D eigenvalue weighted by Crippen LogP contribution is -2.09. The van der Waals surface area contributed by atoms with Crippen LogP contribution in [0.1, 0.15) is 27.9 Å². The van der Waals surface area contributed by atoms with Crippen LogP contribution in [0.3, 0.4) is 0 Å². The van der Waals surface area contributed by atoms with E-state index in [2.05, 4.69) is 15.5 Å². The van der Waals surface area contributed by atoms with Gasteiger partial charge in [-0.3, -0.25) is 14.2 Å². The molecule has 0 atom stereocenters. The molecule has 27 heavy (non-hydrogen) atoms. The van der Waals surface area contributed by atoms with E-state index in [1.165, 1.54) is 11.3 Å². The van der Waals surface area contributed by atoms with Crippen molar-refractivity contribution in [1.82, 2.24) is 19.6 Å². The molecule has 0 radical (unpaired) electrons. The van der Waals surface area contributed by atoms with Crippen molar-refractivity contribution >= 4 is 44.7 Å². The van der Waals surface area contributed by atoms with Gasteiger partial charge in [0.1, 0.15) is 4.83 Å². The lowest BCUT2D eigenvalue weighted by molar-refractivity contribution is 0.103. The molecule has 0 saturated carbocycles. The third kappa shape index (κ3) is 3.61. The minimum Gasteiger partial charge on any atom is -0.319 e. The fourth-order valence-corrected chi connectivity index (χ4v) is 4.07. The highest BCUT2D eigenvalue weighted by Gasteiger charge is 2.17. The highest BCUT2D eigenvalue weighted by atomic mass is 35.5. The molecule has 0 spiro atoms. The van der Waals surface area contributed by atoms with Crippen molar-refractivity contribution in [1.29, 1.82) is 0 Å². The number of rotatable bonds is 5. The van der Waals surface area contributed by atoms with Gasteiger partial charge in [0.25, 0.3) is 5.91 Å². The second-order valence-corrected chi connectivity index (χ2v) is 7.70. The number of benzene rings is 1. The van der Waals surface area contributed by atoms with Crippen molar-refractivity contribution in [3.8, 4) is 0 Å². The maximum absolute atomic E-state index is 12.6. The summed E-state index contributed by atoms with van der Waals surface area (Å²) in [5.41, 5.74) is 2.71. The van der Waals surface area contributed by atoms with Crippen LogP contribution in [-0.4, -0.2) is 25.5 Å². The van der Waals surface area contributed by atoms with Crippen LogP contribution in [0, 0.1) is 6.92 Å². The zero-order chi connectivity index (χ0) is 19.0. The first-order valence-electron chi connectivity index (χ1n) is 8.58. The van der Waals surface area contributed by atoms with Crippen LogP contribution in [0.5, 0.6) is 0 Å². The van der Waals surface area contributed by atoms with Gasteiger partial charge in [0.2, 0.25) is 0 Å². The van der Waals surface area contributed by atoms with Gasteiger partial charge in [-0.2, -0.15) is 10.2 Å². The van der Waals surface area contributed by atoms with Gasteiger partial charge in [0, 0.05) is 23.2 Å². The standard InChI is InChI=1S/C19H18ClN5OS/c1-3-24-11-15(9-21-24)22-18(26)17-8-16-12(2)23-25(19(16)27-17)10-13-4-6-14(20)7-5-13/h4-9,11H,3,10H2,1-2H3,(H,22,26). The molecule has 1 N–H and O–H groups in total. The van der Waals surface area contributed by atoms with Crippen LogP contribution in [0.15, 0.2) is 42.7 Å². The molecule has 138 valence electrons. The Morgan fingerprint density at radius 2 is 2.07 bits per heavy atom. The molecule has 1 amide bonds. The summed E-state index contributed by atoms with van der Waals surface area (Å²) >= 11 is 7.40. The summed E-state index contributed by atoms with van der Waals surface area (Å²) in [5.74, 6) is -0.135. The first kappa shape index (κ1) is 17.8. The molecule has 0 fully saturated rings. The monoisotopic (exact) mass is 399 g/mol. The average Bonchev–Trinajstić information content (AvgIpc) is 3.35. The van der Waals surface area contributed by atoms with Crippen molar-refractivity contribution in [2.75, 3.05) is 5.32 Å². The Labute approximate surface area is 165 Å². The highest BCUT2D eigenvalue weighted by molar-refractivity contribution is 7.20. The fraction of sp³-hybridized carbons (Fsp3) is 0.211. The Bertz CT molecular complexity index is 1110. The van der Waals surface area contributed by atoms with Gasteiger partial charge in [-0.05, 0) is 37.6 Å². The predicted octanol–water partition coefficient (Wildman–Crippen LogP) is 4.58. The maximum atomic E-state index is 12.6. The van der Waals surface area contributed by atoms with Crippen molar-refractivity contribution in [3.63, 3.8) is 0 Å². The van der Waals surface area contributed by atoms with Crippen LogP contribution in [0.4, 0.5) is 5.69 Å². The van der Waals surface area contributed by atoms with E-state index in [1.54, 1.807) is 10.9 Å². The number of hydrogen-bond acceptors (Lipinski definition) is 4. The topological polar surface area (TPSA) is 64.7 Å². The molecule has 4 rings (SSSR count). The molecule has 3 aromatic heterocycles. The quantitative estimate of drug-likeness (QED) is 0.534. The summed E-state index contributed by atoms with van der Waals surface area (Å²) in [6.07, 6.45) is 3.47. The number of halogens is 1. The number of nitrogens with zero attached hydrogens (tertiary/aromatic N) is 4. The van der Waals surface area contributed by atoms with Gasteiger partial charge in [0.15, 0.2) is 0 Å². The number of thiophene rings is 1. The molecule has 4 aromatic rings. The zero-order valence-electron chi connectivity index (χ0n) is 14.9. The average molecular weight is 400 g/mol. The number of amides is 1. The zero-order valence-corrected chi connectivity index (χ0v) is 16.5. The lowest BCUT2D eigenvalue weighted by Gasteiger charge is -2.03. The van der Waals surface area contributed by atoms with Gasteiger partial charge in [-0.15, -0.1) is 11.3 Å². The van der Waals surface area contributed by atoms with Gasteiger partial charge in [-0.25, -0.2) is 0 Å².